The van der Waals surface area contributed by atoms with Crippen LogP contribution < -0.4 is 5.32 Å². The molecular weight excluding hydrogens is 492 g/mol. The minimum Gasteiger partial charge on any atom is -0.481 e. The van der Waals surface area contributed by atoms with Gasteiger partial charge >= 0.3 is 12.1 Å². The summed E-state index contributed by atoms with van der Waals surface area (Å²) in [4.78, 5) is 23.9. The maximum Gasteiger partial charge on any atom is 0.411 e. The Morgan fingerprint density at radius 1 is 0.973 bits per heavy atom. The third kappa shape index (κ3) is 5.84. The first-order chi connectivity index (χ1) is 17.7. The van der Waals surface area contributed by atoms with Crippen molar-refractivity contribution < 1.29 is 24.0 Å². The molecule has 7 nitrogen and oxygen atoms in total. The Labute approximate surface area is 220 Å². The summed E-state index contributed by atoms with van der Waals surface area (Å²) in [7, 11) is 0. The number of aliphatic carboxylic acids is 1. The van der Waals surface area contributed by atoms with E-state index in [0.29, 0.717) is 28.6 Å². The van der Waals surface area contributed by atoms with Gasteiger partial charge in [0.15, 0.2) is 5.76 Å². The van der Waals surface area contributed by atoms with Crippen molar-refractivity contribution in [2.75, 3.05) is 11.9 Å². The highest BCUT2D eigenvalue weighted by Crippen LogP contribution is 2.32. The number of anilines is 1. The molecule has 190 valence electrons. The summed E-state index contributed by atoms with van der Waals surface area (Å²) in [6.07, 6.45) is -0.112. The average molecular weight is 519 g/mol. The zero-order valence-corrected chi connectivity index (χ0v) is 21.5. The van der Waals surface area contributed by atoms with Gasteiger partial charge in [-0.2, -0.15) is 0 Å². The van der Waals surface area contributed by atoms with Crippen LogP contribution in [0.3, 0.4) is 0 Å². The van der Waals surface area contributed by atoms with E-state index >= 15 is 0 Å². The summed E-state index contributed by atoms with van der Waals surface area (Å²) >= 11 is 6.15. The molecule has 0 saturated carbocycles. The number of hydrogen-bond acceptors (Lipinski definition) is 5. The highest BCUT2D eigenvalue weighted by molar-refractivity contribution is 6.31. The number of carbonyl (C=O) groups is 2. The van der Waals surface area contributed by atoms with E-state index in [2.05, 4.69) is 10.5 Å². The Morgan fingerprint density at radius 3 is 2.19 bits per heavy atom. The number of carboxylic acid groups (broad SMARTS) is 1. The molecule has 1 amide bonds. The summed E-state index contributed by atoms with van der Waals surface area (Å²) < 4.78 is 10.7. The second-order valence-electron chi connectivity index (χ2n) is 9.15. The third-order valence-electron chi connectivity index (χ3n) is 6.29. The Morgan fingerprint density at radius 2 is 1.57 bits per heavy atom. The highest BCUT2D eigenvalue weighted by atomic mass is 35.5. The van der Waals surface area contributed by atoms with Gasteiger partial charge < -0.3 is 14.4 Å². The topological polar surface area (TPSA) is 102 Å². The Hall–Kier alpha value is -4.10. The number of halogens is 1. The monoisotopic (exact) mass is 518 g/mol. The number of aromatic nitrogens is 1. The highest BCUT2D eigenvalue weighted by Gasteiger charge is 2.29. The van der Waals surface area contributed by atoms with Crippen LogP contribution in [-0.4, -0.2) is 28.9 Å². The molecule has 0 saturated heterocycles. The van der Waals surface area contributed by atoms with Crippen LogP contribution in [0.15, 0.2) is 77.3 Å². The molecule has 0 radical (unpaired) electrons. The van der Waals surface area contributed by atoms with Crippen LogP contribution in [0.4, 0.5) is 10.5 Å². The largest absolute Gasteiger partial charge is 0.481 e. The molecule has 0 bridgehead atoms. The van der Waals surface area contributed by atoms with Crippen molar-refractivity contribution in [3.05, 3.63) is 94.7 Å². The molecule has 0 unspecified atom stereocenters. The first-order valence-electron chi connectivity index (χ1n) is 11.7. The van der Waals surface area contributed by atoms with Crippen LogP contribution >= 0.6 is 11.6 Å². The molecular formula is C29H27ClN2O5. The lowest BCUT2D eigenvalue weighted by Gasteiger charge is -2.19. The molecule has 0 aliphatic rings. The number of rotatable bonds is 8. The van der Waals surface area contributed by atoms with E-state index in [4.69, 9.17) is 20.9 Å². The maximum atomic E-state index is 12.4. The van der Waals surface area contributed by atoms with Crippen LogP contribution in [0.1, 0.15) is 30.7 Å². The quantitative estimate of drug-likeness (QED) is 0.257. The molecule has 3 aromatic carbocycles. The maximum absolute atomic E-state index is 12.4. The molecule has 0 spiro atoms. The number of aryl methyl sites for hydroxylation is 1. The number of hydrogen-bond donors (Lipinski definition) is 2. The Kier molecular flexibility index (Phi) is 7.64. The lowest BCUT2D eigenvalue weighted by atomic mass is 9.84. The first-order valence-corrected chi connectivity index (χ1v) is 12.1. The average Bonchev–Trinajstić information content (AvgIpc) is 3.25. The van der Waals surface area contributed by atoms with E-state index in [9.17, 15) is 14.7 Å². The van der Waals surface area contributed by atoms with Gasteiger partial charge in [-0.1, -0.05) is 83.5 Å². The van der Waals surface area contributed by atoms with E-state index < -0.39 is 17.5 Å². The van der Waals surface area contributed by atoms with Crippen molar-refractivity contribution in [3.8, 4) is 22.4 Å². The van der Waals surface area contributed by atoms with Crippen LogP contribution in [0.25, 0.3) is 22.4 Å². The molecule has 0 aliphatic heterocycles. The number of benzene rings is 3. The lowest BCUT2D eigenvalue weighted by Crippen LogP contribution is -2.28. The van der Waals surface area contributed by atoms with Crippen molar-refractivity contribution in [2.24, 2.45) is 0 Å². The summed E-state index contributed by atoms with van der Waals surface area (Å²) in [5.41, 5.74) is 4.27. The van der Waals surface area contributed by atoms with Gasteiger partial charge in [-0.25, -0.2) is 4.79 Å². The van der Waals surface area contributed by atoms with E-state index in [1.54, 1.807) is 26.8 Å². The molecule has 0 fully saturated rings. The fourth-order valence-corrected chi connectivity index (χ4v) is 4.06. The fraction of sp³-hybridized carbons (Fsp3) is 0.207. The summed E-state index contributed by atoms with van der Waals surface area (Å²) in [6.45, 7) is 5.25. The van der Waals surface area contributed by atoms with Gasteiger partial charge in [-0.3, -0.25) is 10.1 Å². The third-order valence-corrected chi connectivity index (χ3v) is 6.65. The van der Waals surface area contributed by atoms with Crippen molar-refractivity contribution >= 4 is 29.4 Å². The summed E-state index contributed by atoms with van der Waals surface area (Å²) in [5, 5.41) is 16.9. The minimum atomic E-state index is -0.966. The van der Waals surface area contributed by atoms with E-state index in [1.165, 1.54) is 0 Å². The Bertz CT molecular complexity index is 1410. The fourth-order valence-electron chi connectivity index (χ4n) is 3.83. The molecule has 37 heavy (non-hydrogen) atoms. The van der Waals surface area contributed by atoms with Crippen LogP contribution in [0.5, 0.6) is 0 Å². The number of amides is 1. The number of nitrogens with one attached hydrogen (secondary N) is 1. The lowest BCUT2D eigenvalue weighted by molar-refractivity contribution is -0.142. The van der Waals surface area contributed by atoms with Gasteiger partial charge in [-0.05, 0) is 49.1 Å². The number of carbonyl (C=O) groups excluding carboxylic acids is 1. The number of ether oxygens (including phenoxy) is 1. The number of carboxylic acids is 1. The SMILES string of the molecule is Cc1onc(-c2ccc(-c3ccc(C(C)(C)C(=O)O)cc3)cc2)c1NC(=O)OCCc1ccccc1Cl. The standard InChI is InChI=1S/C29H27ClN2O5/c1-18-25(31-28(35)36-17-16-21-6-4-5-7-24(21)30)26(32-37-18)22-10-8-19(9-11-22)20-12-14-23(15-13-20)29(2,3)27(33)34/h4-15H,16-17H2,1-3H3,(H,31,35)(H,33,34). The molecule has 0 aliphatic carbocycles. The predicted octanol–water partition coefficient (Wildman–Crippen LogP) is 7.12. The van der Waals surface area contributed by atoms with Gasteiger partial charge in [-0.15, -0.1) is 0 Å². The first kappa shape index (κ1) is 26.0. The van der Waals surface area contributed by atoms with Gasteiger partial charge in [0.2, 0.25) is 0 Å². The van der Waals surface area contributed by atoms with Crippen molar-refractivity contribution in [2.45, 2.75) is 32.6 Å². The molecule has 8 heteroatoms. The normalized spacial score (nSPS) is 11.2. The van der Waals surface area contributed by atoms with Gasteiger partial charge in [0.1, 0.15) is 11.4 Å². The van der Waals surface area contributed by atoms with Crippen LogP contribution in [0.2, 0.25) is 5.02 Å². The van der Waals surface area contributed by atoms with Crippen molar-refractivity contribution in [1.29, 1.82) is 0 Å². The second kappa shape index (κ2) is 10.9. The van der Waals surface area contributed by atoms with E-state index in [-0.39, 0.29) is 6.61 Å². The zero-order valence-electron chi connectivity index (χ0n) is 20.7. The smallest absolute Gasteiger partial charge is 0.411 e. The molecule has 2 N–H and O–H groups in total. The van der Waals surface area contributed by atoms with E-state index in [1.807, 2.05) is 66.7 Å². The Balaban J connectivity index is 1.43. The summed E-state index contributed by atoms with van der Waals surface area (Å²) in [5.74, 6) is -0.417. The van der Waals surface area contributed by atoms with Crippen molar-refractivity contribution in [3.63, 3.8) is 0 Å². The van der Waals surface area contributed by atoms with Crippen LogP contribution in [-0.2, 0) is 21.4 Å². The molecule has 4 rings (SSSR count). The minimum absolute atomic E-state index is 0.173. The van der Waals surface area contributed by atoms with E-state index in [0.717, 1.165) is 27.8 Å². The predicted molar refractivity (Wildman–Crippen MR) is 143 cm³/mol. The second-order valence-corrected chi connectivity index (χ2v) is 9.56. The molecule has 1 aromatic heterocycles. The molecule has 0 atom stereocenters. The van der Waals surface area contributed by atoms with Gasteiger partial charge in [0, 0.05) is 17.0 Å². The molecule has 4 aromatic rings. The molecule has 1 heterocycles. The zero-order chi connectivity index (χ0) is 26.6. The summed E-state index contributed by atoms with van der Waals surface area (Å²) in [6, 6.07) is 22.5. The van der Waals surface area contributed by atoms with Gasteiger partial charge in [0.05, 0.1) is 12.0 Å². The van der Waals surface area contributed by atoms with Gasteiger partial charge in [0.25, 0.3) is 0 Å². The van der Waals surface area contributed by atoms with Crippen molar-refractivity contribution in [1.82, 2.24) is 5.16 Å². The van der Waals surface area contributed by atoms with Crippen LogP contribution in [0, 0.1) is 6.92 Å². The number of nitrogens with zero attached hydrogens (tertiary/aromatic N) is 1.